The van der Waals surface area contributed by atoms with Crippen LogP contribution >= 0.6 is 0 Å². The number of aryl methyl sites for hydroxylation is 1. The zero-order chi connectivity index (χ0) is 8.39. The average Bonchev–Trinajstić information content (AvgIpc) is 2.17. The van der Waals surface area contributed by atoms with Crippen molar-refractivity contribution in [2.45, 2.75) is 25.7 Å². The number of hydrogen-bond acceptors (Lipinski definition) is 1. The molecule has 1 heterocycles. The van der Waals surface area contributed by atoms with Crippen LogP contribution in [0.3, 0.4) is 0 Å². The second-order valence-corrected chi connectivity index (χ2v) is 3.25. The summed E-state index contributed by atoms with van der Waals surface area (Å²) in [5.74, 6) is 0. The van der Waals surface area contributed by atoms with Gasteiger partial charge in [-0.25, -0.2) is 0 Å². The topological polar surface area (TPSA) is 12.9 Å². The van der Waals surface area contributed by atoms with E-state index in [1.54, 1.807) is 0 Å². The first kappa shape index (κ1) is 7.53. The first-order chi connectivity index (χ1) is 5.92. The fourth-order valence-corrected chi connectivity index (χ4v) is 1.87. The molecule has 1 nitrogen and oxygen atoms in total. The second kappa shape index (κ2) is 3.10. The fraction of sp³-hybridized carbons (Fsp3) is 0.364. The van der Waals surface area contributed by atoms with Crippen LogP contribution in [-0.2, 0) is 12.8 Å². The number of aromatic nitrogens is 1. The van der Waals surface area contributed by atoms with E-state index in [9.17, 15) is 0 Å². The Bertz CT molecular complexity index is 302. The SMILES string of the molecule is C=Cc1nccc2c1CCCC2. The zero-order valence-corrected chi connectivity index (χ0v) is 7.21. The van der Waals surface area contributed by atoms with Crippen LogP contribution in [0.15, 0.2) is 18.8 Å². The highest BCUT2D eigenvalue weighted by molar-refractivity contribution is 5.50. The van der Waals surface area contributed by atoms with Gasteiger partial charge in [-0.15, -0.1) is 0 Å². The summed E-state index contributed by atoms with van der Waals surface area (Å²) < 4.78 is 0. The molecule has 2 rings (SSSR count). The minimum absolute atomic E-state index is 1.09. The van der Waals surface area contributed by atoms with E-state index in [4.69, 9.17) is 0 Å². The predicted octanol–water partition coefficient (Wildman–Crippen LogP) is 2.60. The number of nitrogens with zero attached hydrogens (tertiary/aromatic N) is 1. The molecule has 0 radical (unpaired) electrons. The Kier molecular flexibility index (Phi) is 1.94. The Hall–Kier alpha value is -1.11. The minimum atomic E-state index is 1.09. The maximum Gasteiger partial charge on any atom is 0.0658 e. The van der Waals surface area contributed by atoms with Crippen LogP contribution in [0.2, 0.25) is 0 Å². The maximum atomic E-state index is 4.29. The molecule has 0 N–H and O–H groups in total. The third kappa shape index (κ3) is 1.15. The van der Waals surface area contributed by atoms with Crippen LogP contribution in [-0.4, -0.2) is 4.98 Å². The highest BCUT2D eigenvalue weighted by Crippen LogP contribution is 2.23. The van der Waals surface area contributed by atoms with Gasteiger partial charge < -0.3 is 0 Å². The van der Waals surface area contributed by atoms with Gasteiger partial charge in [0.2, 0.25) is 0 Å². The molecule has 0 bridgehead atoms. The molecule has 1 heteroatoms. The Labute approximate surface area is 73.1 Å². The second-order valence-electron chi connectivity index (χ2n) is 3.25. The molecule has 12 heavy (non-hydrogen) atoms. The van der Waals surface area contributed by atoms with Crippen molar-refractivity contribution in [1.82, 2.24) is 4.98 Å². The largest absolute Gasteiger partial charge is 0.257 e. The van der Waals surface area contributed by atoms with Crippen molar-refractivity contribution in [2.75, 3.05) is 0 Å². The first-order valence-electron chi connectivity index (χ1n) is 4.51. The van der Waals surface area contributed by atoms with Crippen molar-refractivity contribution in [1.29, 1.82) is 0 Å². The smallest absolute Gasteiger partial charge is 0.0658 e. The summed E-state index contributed by atoms with van der Waals surface area (Å²) in [6, 6.07) is 2.14. The van der Waals surface area contributed by atoms with Gasteiger partial charge in [0.25, 0.3) is 0 Å². The van der Waals surface area contributed by atoms with E-state index in [0.717, 1.165) is 5.69 Å². The van der Waals surface area contributed by atoms with E-state index in [-0.39, 0.29) is 0 Å². The van der Waals surface area contributed by atoms with Gasteiger partial charge in [-0.3, -0.25) is 4.98 Å². The molecule has 0 aliphatic heterocycles. The van der Waals surface area contributed by atoms with Gasteiger partial charge in [0.05, 0.1) is 5.69 Å². The van der Waals surface area contributed by atoms with Gasteiger partial charge in [-0.2, -0.15) is 0 Å². The van der Waals surface area contributed by atoms with Crippen LogP contribution in [0, 0.1) is 0 Å². The van der Waals surface area contributed by atoms with Crippen molar-refractivity contribution >= 4 is 6.08 Å². The summed E-state index contributed by atoms with van der Waals surface area (Å²) in [6.07, 6.45) is 8.79. The van der Waals surface area contributed by atoms with Gasteiger partial charge in [0.15, 0.2) is 0 Å². The van der Waals surface area contributed by atoms with E-state index in [0.29, 0.717) is 0 Å². The van der Waals surface area contributed by atoms with Crippen molar-refractivity contribution in [3.63, 3.8) is 0 Å². The minimum Gasteiger partial charge on any atom is -0.257 e. The molecule has 0 saturated carbocycles. The van der Waals surface area contributed by atoms with E-state index in [1.165, 1.54) is 36.8 Å². The molecule has 1 aliphatic carbocycles. The fourth-order valence-electron chi connectivity index (χ4n) is 1.87. The third-order valence-electron chi connectivity index (χ3n) is 2.50. The van der Waals surface area contributed by atoms with E-state index >= 15 is 0 Å². The summed E-state index contributed by atoms with van der Waals surface area (Å²) in [7, 11) is 0. The lowest BCUT2D eigenvalue weighted by atomic mass is 9.91. The molecule has 0 unspecified atom stereocenters. The van der Waals surface area contributed by atoms with Crippen LogP contribution < -0.4 is 0 Å². The first-order valence-corrected chi connectivity index (χ1v) is 4.51. The molecular formula is C11H13N. The molecule has 0 fully saturated rings. The molecular weight excluding hydrogens is 146 g/mol. The quantitative estimate of drug-likeness (QED) is 0.613. The van der Waals surface area contributed by atoms with Gasteiger partial charge >= 0.3 is 0 Å². The number of fused-ring (bicyclic) bond motifs is 1. The summed E-state index contributed by atoms with van der Waals surface area (Å²) in [4.78, 5) is 4.29. The van der Waals surface area contributed by atoms with Crippen molar-refractivity contribution < 1.29 is 0 Å². The summed E-state index contributed by atoms with van der Waals surface area (Å²) in [5.41, 5.74) is 4.00. The maximum absolute atomic E-state index is 4.29. The highest BCUT2D eigenvalue weighted by atomic mass is 14.7. The normalized spacial score (nSPS) is 15.3. The number of hydrogen-bond donors (Lipinski definition) is 0. The standard InChI is InChI=1S/C11H13N/c1-2-11-10-6-4-3-5-9(10)7-8-12-11/h2,7-8H,1,3-6H2. The average molecular weight is 159 g/mol. The third-order valence-corrected chi connectivity index (χ3v) is 2.50. The van der Waals surface area contributed by atoms with E-state index in [2.05, 4.69) is 17.6 Å². The summed E-state index contributed by atoms with van der Waals surface area (Å²) >= 11 is 0. The molecule has 0 saturated heterocycles. The molecule has 1 aliphatic rings. The Morgan fingerprint density at radius 2 is 2.17 bits per heavy atom. The zero-order valence-electron chi connectivity index (χ0n) is 7.21. The van der Waals surface area contributed by atoms with Crippen molar-refractivity contribution in [2.24, 2.45) is 0 Å². The lowest BCUT2D eigenvalue weighted by Crippen LogP contribution is -2.05. The van der Waals surface area contributed by atoms with Crippen molar-refractivity contribution in [3.05, 3.63) is 35.7 Å². The molecule has 0 atom stereocenters. The Morgan fingerprint density at radius 3 is 3.00 bits per heavy atom. The summed E-state index contributed by atoms with van der Waals surface area (Å²) in [6.45, 7) is 3.78. The molecule has 0 aromatic carbocycles. The molecule has 1 aromatic heterocycles. The van der Waals surface area contributed by atoms with Gasteiger partial charge in [-0.05, 0) is 49.0 Å². The van der Waals surface area contributed by atoms with Crippen LogP contribution in [0.25, 0.3) is 6.08 Å². The molecule has 0 amide bonds. The highest BCUT2D eigenvalue weighted by Gasteiger charge is 2.11. The van der Waals surface area contributed by atoms with Gasteiger partial charge in [0, 0.05) is 6.20 Å². The lowest BCUT2D eigenvalue weighted by molar-refractivity contribution is 0.680. The number of rotatable bonds is 1. The van der Waals surface area contributed by atoms with Crippen LogP contribution in [0.5, 0.6) is 0 Å². The lowest BCUT2D eigenvalue weighted by Gasteiger charge is -2.16. The number of pyridine rings is 1. The predicted molar refractivity (Wildman–Crippen MR) is 51.0 cm³/mol. The van der Waals surface area contributed by atoms with Crippen molar-refractivity contribution in [3.8, 4) is 0 Å². The molecule has 1 aromatic rings. The van der Waals surface area contributed by atoms with E-state index < -0.39 is 0 Å². The van der Waals surface area contributed by atoms with Crippen LogP contribution in [0.1, 0.15) is 29.7 Å². The molecule has 62 valence electrons. The van der Waals surface area contributed by atoms with E-state index in [1.807, 2.05) is 12.3 Å². The Morgan fingerprint density at radius 1 is 1.33 bits per heavy atom. The van der Waals surface area contributed by atoms with Gasteiger partial charge in [-0.1, -0.05) is 6.58 Å². The monoisotopic (exact) mass is 159 g/mol. The van der Waals surface area contributed by atoms with Gasteiger partial charge in [0.1, 0.15) is 0 Å². The van der Waals surface area contributed by atoms with Crippen LogP contribution in [0.4, 0.5) is 0 Å². The molecule has 0 spiro atoms. The Balaban J connectivity index is 2.51. The summed E-state index contributed by atoms with van der Waals surface area (Å²) in [5, 5.41) is 0.